The number of anilines is 1. The highest BCUT2D eigenvalue weighted by Crippen LogP contribution is 2.36. The number of nitrogens with two attached hydrogens (primary N) is 1. The topological polar surface area (TPSA) is 83.6 Å². The summed E-state index contributed by atoms with van der Waals surface area (Å²) in [6.07, 6.45) is 4.61. The molecule has 0 saturated heterocycles. The Kier molecular flexibility index (Phi) is 3.95. The van der Waals surface area contributed by atoms with Gasteiger partial charge in [0.1, 0.15) is 0 Å². The first kappa shape index (κ1) is 15.8. The molecule has 0 amide bonds. The van der Waals surface area contributed by atoms with Gasteiger partial charge in [-0.15, -0.1) is 0 Å². The highest BCUT2D eigenvalue weighted by Gasteiger charge is 2.35. The predicted octanol–water partition coefficient (Wildman–Crippen LogP) is 1.64. The molecule has 1 aromatic carbocycles. The highest BCUT2D eigenvalue weighted by atomic mass is 32.2. The van der Waals surface area contributed by atoms with Crippen LogP contribution in [0.25, 0.3) is 0 Å². The van der Waals surface area contributed by atoms with E-state index in [1.165, 1.54) is 0 Å². The van der Waals surface area contributed by atoms with Gasteiger partial charge in [0, 0.05) is 18.8 Å². The van der Waals surface area contributed by atoms with Gasteiger partial charge in [0.05, 0.1) is 10.5 Å². The van der Waals surface area contributed by atoms with Crippen LogP contribution in [0.15, 0.2) is 23.1 Å². The van der Waals surface area contributed by atoms with Gasteiger partial charge >= 0.3 is 0 Å². The molecule has 1 aliphatic carbocycles. The van der Waals surface area contributed by atoms with Crippen LogP contribution >= 0.6 is 0 Å². The summed E-state index contributed by atoms with van der Waals surface area (Å²) < 4.78 is 23.1. The summed E-state index contributed by atoms with van der Waals surface area (Å²) in [7, 11) is -3.69. The molecule has 1 saturated carbocycles. The lowest BCUT2D eigenvalue weighted by Crippen LogP contribution is -2.45. The van der Waals surface area contributed by atoms with Crippen LogP contribution in [0.5, 0.6) is 0 Å². The largest absolute Gasteiger partial charge is 0.388 e. The Labute approximate surface area is 132 Å². The van der Waals surface area contributed by atoms with E-state index in [-0.39, 0.29) is 4.90 Å². The Balaban J connectivity index is 1.82. The molecule has 1 aliphatic heterocycles. The molecular weight excluding hydrogens is 300 g/mol. The standard InChI is InChI=1S/C16H24N2O3S/c1-12-4-7-16(19,8-5-12)11-18-9-6-13-2-3-14(10-15(13)18)22(17,20)21/h2-3,10,12,19H,4-9,11H2,1H3,(H2,17,20,21). The first-order valence-electron chi connectivity index (χ1n) is 7.90. The Hall–Kier alpha value is -1.11. The first-order valence-corrected chi connectivity index (χ1v) is 9.45. The van der Waals surface area contributed by atoms with E-state index in [1.807, 2.05) is 6.07 Å². The quantitative estimate of drug-likeness (QED) is 0.885. The van der Waals surface area contributed by atoms with Crippen molar-refractivity contribution in [3.05, 3.63) is 23.8 Å². The van der Waals surface area contributed by atoms with E-state index in [1.54, 1.807) is 12.1 Å². The minimum atomic E-state index is -3.69. The zero-order chi connectivity index (χ0) is 16.0. The molecule has 122 valence electrons. The van der Waals surface area contributed by atoms with Crippen molar-refractivity contribution in [2.24, 2.45) is 11.1 Å². The summed E-state index contributed by atoms with van der Waals surface area (Å²) in [5.41, 5.74) is 1.37. The Bertz CT molecular complexity index is 664. The molecular formula is C16H24N2O3S. The Morgan fingerprint density at radius 2 is 2.05 bits per heavy atom. The highest BCUT2D eigenvalue weighted by molar-refractivity contribution is 7.89. The summed E-state index contributed by atoms with van der Waals surface area (Å²) >= 11 is 0. The fourth-order valence-electron chi connectivity index (χ4n) is 3.58. The lowest BCUT2D eigenvalue weighted by Gasteiger charge is -2.38. The van der Waals surface area contributed by atoms with Gasteiger partial charge in [0.25, 0.3) is 0 Å². The van der Waals surface area contributed by atoms with Crippen LogP contribution in [0.1, 0.15) is 38.2 Å². The number of nitrogens with zero attached hydrogens (tertiary/aromatic N) is 1. The van der Waals surface area contributed by atoms with Gasteiger partial charge in [0.15, 0.2) is 0 Å². The van der Waals surface area contributed by atoms with Crippen molar-refractivity contribution < 1.29 is 13.5 Å². The summed E-state index contributed by atoms with van der Waals surface area (Å²) in [6.45, 7) is 3.62. The van der Waals surface area contributed by atoms with Crippen LogP contribution in [0, 0.1) is 5.92 Å². The SMILES string of the molecule is CC1CCC(O)(CN2CCc3ccc(S(N)(=O)=O)cc32)CC1. The summed E-state index contributed by atoms with van der Waals surface area (Å²) in [5.74, 6) is 0.681. The number of benzene rings is 1. The molecule has 1 aromatic rings. The van der Waals surface area contributed by atoms with Gasteiger partial charge in [-0.3, -0.25) is 0 Å². The molecule has 1 fully saturated rings. The van der Waals surface area contributed by atoms with Crippen molar-refractivity contribution in [1.82, 2.24) is 0 Å². The molecule has 3 N–H and O–H groups in total. The van der Waals surface area contributed by atoms with Crippen molar-refractivity contribution in [3.63, 3.8) is 0 Å². The van der Waals surface area contributed by atoms with E-state index in [0.717, 1.165) is 49.9 Å². The molecule has 0 unspecified atom stereocenters. The molecule has 1 heterocycles. The molecule has 6 heteroatoms. The van der Waals surface area contributed by atoms with Crippen LogP contribution in [-0.2, 0) is 16.4 Å². The number of primary sulfonamides is 1. The summed E-state index contributed by atoms with van der Waals surface area (Å²) in [5, 5.41) is 16.0. The maximum absolute atomic E-state index is 11.5. The third kappa shape index (κ3) is 3.14. The van der Waals surface area contributed by atoms with Crippen LogP contribution in [-0.4, -0.2) is 32.2 Å². The number of hydrogen-bond donors (Lipinski definition) is 2. The summed E-state index contributed by atoms with van der Waals surface area (Å²) in [6, 6.07) is 5.04. The number of hydrogen-bond acceptors (Lipinski definition) is 4. The van der Waals surface area contributed by atoms with Gasteiger partial charge in [0.2, 0.25) is 10.0 Å². The monoisotopic (exact) mass is 324 g/mol. The van der Waals surface area contributed by atoms with E-state index in [4.69, 9.17) is 5.14 Å². The lowest BCUT2D eigenvalue weighted by atomic mass is 9.79. The van der Waals surface area contributed by atoms with E-state index in [9.17, 15) is 13.5 Å². The molecule has 0 atom stereocenters. The van der Waals surface area contributed by atoms with Gasteiger partial charge in [-0.2, -0.15) is 0 Å². The van der Waals surface area contributed by atoms with Crippen molar-refractivity contribution in [2.45, 2.75) is 49.5 Å². The molecule has 0 aromatic heterocycles. The maximum Gasteiger partial charge on any atom is 0.238 e. The average Bonchev–Trinajstić information content (AvgIpc) is 2.84. The van der Waals surface area contributed by atoms with Gasteiger partial charge in [-0.1, -0.05) is 13.0 Å². The number of aliphatic hydroxyl groups is 1. The normalized spacial score (nSPS) is 28.7. The number of sulfonamides is 1. The van der Waals surface area contributed by atoms with Gasteiger partial charge in [-0.05, 0) is 55.7 Å². The van der Waals surface area contributed by atoms with Crippen LogP contribution in [0.4, 0.5) is 5.69 Å². The molecule has 0 bridgehead atoms. The third-order valence-electron chi connectivity index (χ3n) is 5.07. The second-order valence-electron chi connectivity index (χ2n) is 6.91. The average molecular weight is 324 g/mol. The minimum absolute atomic E-state index is 0.141. The zero-order valence-corrected chi connectivity index (χ0v) is 13.8. The van der Waals surface area contributed by atoms with Gasteiger partial charge < -0.3 is 10.0 Å². The molecule has 5 nitrogen and oxygen atoms in total. The lowest BCUT2D eigenvalue weighted by molar-refractivity contribution is -0.0000343. The van der Waals surface area contributed by atoms with Gasteiger partial charge in [-0.25, -0.2) is 13.6 Å². The molecule has 2 aliphatic rings. The van der Waals surface area contributed by atoms with Crippen LogP contribution in [0.2, 0.25) is 0 Å². The van der Waals surface area contributed by atoms with E-state index < -0.39 is 15.6 Å². The van der Waals surface area contributed by atoms with E-state index >= 15 is 0 Å². The van der Waals surface area contributed by atoms with E-state index in [0.29, 0.717) is 12.5 Å². The minimum Gasteiger partial charge on any atom is -0.388 e. The molecule has 0 spiro atoms. The molecule has 22 heavy (non-hydrogen) atoms. The Morgan fingerprint density at radius 3 is 2.68 bits per heavy atom. The smallest absolute Gasteiger partial charge is 0.238 e. The van der Waals surface area contributed by atoms with Crippen molar-refractivity contribution in [1.29, 1.82) is 0 Å². The third-order valence-corrected chi connectivity index (χ3v) is 5.98. The second-order valence-corrected chi connectivity index (χ2v) is 8.48. The molecule has 3 rings (SSSR count). The number of fused-ring (bicyclic) bond motifs is 1. The second kappa shape index (κ2) is 5.51. The van der Waals surface area contributed by atoms with Crippen molar-refractivity contribution >= 4 is 15.7 Å². The molecule has 0 radical (unpaired) electrons. The van der Waals surface area contributed by atoms with E-state index in [2.05, 4.69) is 11.8 Å². The van der Waals surface area contributed by atoms with Crippen molar-refractivity contribution in [3.8, 4) is 0 Å². The summed E-state index contributed by atoms with van der Waals surface area (Å²) in [4.78, 5) is 2.25. The van der Waals surface area contributed by atoms with Crippen molar-refractivity contribution in [2.75, 3.05) is 18.0 Å². The Morgan fingerprint density at radius 1 is 1.36 bits per heavy atom. The predicted molar refractivity (Wildman–Crippen MR) is 86.3 cm³/mol. The number of rotatable bonds is 3. The fraction of sp³-hybridized carbons (Fsp3) is 0.625. The van der Waals surface area contributed by atoms with Crippen LogP contribution < -0.4 is 10.0 Å². The fourth-order valence-corrected chi connectivity index (χ4v) is 4.11. The maximum atomic E-state index is 11.5. The van der Waals surface area contributed by atoms with Crippen LogP contribution in [0.3, 0.4) is 0 Å². The zero-order valence-electron chi connectivity index (χ0n) is 13.0. The number of β-amino-alcohol motifs (C(OH)–C–C–N with tert-alkyl or cyclic N) is 1. The first-order chi connectivity index (χ1) is 10.3.